The molecule has 1 fully saturated rings. The number of ketones is 1. The molecule has 1 aliphatic heterocycles. The quantitative estimate of drug-likeness (QED) is 0.0893. The number of halogens is 1. The number of amides is 2. The van der Waals surface area contributed by atoms with Gasteiger partial charge in [0, 0.05) is 9.99 Å². The molecule has 4 atom stereocenters. The molecule has 0 saturated carbocycles. The molecule has 0 aromatic heterocycles. The van der Waals surface area contributed by atoms with E-state index in [0.29, 0.717) is 9.99 Å². The number of β-lactam (4-membered cyclic amide) rings is 1. The lowest BCUT2D eigenvalue weighted by molar-refractivity contribution is -0.590. The molecule has 39 heavy (non-hydrogen) atoms. The van der Waals surface area contributed by atoms with Crippen LogP contribution in [0, 0.1) is 0 Å². The molecule has 1 N–H and O–H groups in total. The average Bonchev–Trinajstić information content (AvgIpc) is 2.97. The summed E-state index contributed by atoms with van der Waals surface area (Å²) in [6, 6.07) is 25.8. The third-order valence-electron chi connectivity index (χ3n) is 6.16. The lowest BCUT2D eigenvalue weighted by Gasteiger charge is -2.32. The van der Waals surface area contributed by atoms with Crippen LogP contribution in [0.1, 0.15) is 34.5 Å². The van der Waals surface area contributed by atoms with Crippen LogP contribution in [-0.2, 0) is 23.9 Å². The van der Waals surface area contributed by atoms with Crippen LogP contribution in [0.4, 0.5) is 0 Å². The van der Waals surface area contributed by atoms with Gasteiger partial charge in [0.2, 0.25) is 6.04 Å². The first-order valence-electron chi connectivity index (χ1n) is 12.2. The highest BCUT2D eigenvalue weighted by molar-refractivity contribution is 14.1. The molecule has 200 valence electrons. The minimum Gasteiger partial charge on any atom is -0.445 e. The topological polar surface area (TPSA) is 102 Å². The summed E-state index contributed by atoms with van der Waals surface area (Å²) >= 11 is 2.01. The number of esters is 1. The standard InChI is InChI=1S/C29H26IN2O6P/c1-18(33)22(17-30)37-27-23(31-25(34)21-15-9-4-10-16-21)26(35)32(27)28(39)29(36)38-24(19-11-5-2-6-12-19)20-13-7-3-8-14-20/h2-16,22-24,27H,17,39H2,1H3/p+1/t22-,23-,27+/m0/s1. The van der Waals surface area contributed by atoms with Crippen LogP contribution in [0.5, 0.6) is 0 Å². The molecule has 1 heterocycles. The molecule has 3 aromatic carbocycles. The Hall–Kier alpha value is -3.27. The Morgan fingerprint density at radius 1 is 0.923 bits per heavy atom. The third kappa shape index (κ3) is 6.66. The van der Waals surface area contributed by atoms with Crippen molar-refractivity contribution in [3.8, 4) is 0 Å². The fraction of sp³-hybridized carbons (Fsp3) is 0.207. The van der Waals surface area contributed by atoms with Crippen LogP contribution in [0.15, 0.2) is 91.0 Å². The molecular formula is C29H27IN2O6P+. The molecule has 8 nitrogen and oxygen atoms in total. The highest BCUT2D eigenvalue weighted by Crippen LogP contribution is 2.28. The number of nitrogens with zero attached hydrogens (tertiary/aromatic N) is 1. The van der Waals surface area contributed by atoms with E-state index in [9.17, 15) is 19.2 Å². The van der Waals surface area contributed by atoms with Gasteiger partial charge in [-0.05, 0) is 39.4 Å². The van der Waals surface area contributed by atoms with Crippen molar-refractivity contribution in [2.75, 3.05) is 4.43 Å². The number of carbonyl (C=O) groups is 4. The molecule has 0 radical (unpaired) electrons. The predicted molar refractivity (Wildman–Crippen MR) is 157 cm³/mol. The SMILES string of the molecule is CC(=O)[C@H](CI)O[C@@H]1[C@@H](NC(=O)c2ccccc2)C(=O)[N+]1=C(P)C(=O)OC(c1ccccc1)c1ccccc1. The average molecular weight is 657 g/mol. The maximum atomic E-state index is 13.4. The van der Waals surface area contributed by atoms with Crippen molar-refractivity contribution in [3.63, 3.8) is 0 Å². The van der Waals surface area contributed by atoms with E-state index >= 15 is 0 Å². The number of nitrogens with one attached hydrogen (secondary N) is 1. The van der Waals surface area contributed by atoms with Crippen molar-refractivity contribution < 1.29 is 33.2 Å². The van der Waals surface area contributed by atoms with Gasteiger partial charge in [0.05, 0.1) is 0 Å². The van der Waals surface area contributed by atoms with Crippen molar-refractivity contribution in [1.29, 1.82) is 0 Å². The summed E-state index contributed by atoms with van der Waals surface area (Å²) < 4.78 is 13.3. The molecule has 1 saturated heterocycles. The van der Waals surface area contributed by atoms with Crippen LogP contribution in [0.2, 0.25) is 0 Å². The molecular weight excluding hydrogens is 630 g/mol. The molecule has 1 unspecified atom stereocenters. The summed E-state index contributed by atoms with van der Waals surface area (Å²) in [4.78, 5) is 51.5. The summed E-state index contributed by atoms with van der Waals surface area (Å²) in [7, 11) is 2.25. The zero-order chi connectivity index (χ0) is 27.9. The van der Waals surface area contributed by atoms with Crippen molar-refractivity contribution in [3.05, 3.63) is 108 Å². The molecule has 2 amide bonds. The van der Waals surface area contributed by atoms with Gasteiger partial charge < -0.3 is 14.8 Å². The number of Topliss-reactive ketones (excluding diaryl/α,β-unsaturated/α-hetero) is 1. The maximum Gasteiger partial charge on any atom is 0.422 e. The molecule has 3 aromatic rings. The predicted octanol–water partition coefficient (Wildman–Crippen LogP) is 3.68. The zero-order valence-electron chi connectivity index (χ0n) is 21.0. The lowest BCUT2D eigenvalue weighted by Crippen LogP contribution is -2.70. The van der Waals surface area contributed by atoms with E-state index in [1.165, 1.54) is 6.92 Å². The Kier molecular flexibility index (Phi) is 9.72. The van der Waals surface area contributed by atoms with E-state index in [0.717, 1.165) is 15.7 Å². The van der Waals surface area contributed by atoms with Gasteiger partial charge in [0.15, 0.2) is 11.9 Å². The molecule has 0 spiro atoms. The number of alkyl halides is 1. The minimum atomic E-state index is -1.09. The summed E-state index contributed by atoms with van der Waals surface area (Å²) in [5.41, 5.74) is 1.78. The van der Waals surface area contributed by atoms with Crippen molar-refractivity contribution in [2.24, 2.45) is 0 Å². The van der Waals surface area contributed by atoms with Crippen LogP contribution < -0.4 is 5.32 Å². The first-order valence-corrected chi connectivity index (χ1v) is 14.3. The van der Waals surface area contributed by atoms with Crippen molar-refractivity contribution in [1.82, 2.24) is 5.32 Å². The summed E-state index contributed by atoms with van der Waals surface area (Å²) in [6.45, 7) is 1.38. The smallest absolute Gasteiger partial charge is 0.422 e. The normalized spacial score (nSPS) is 18.6. The van der Waals surface area contributed by atoms with E-state index in [2.05, 4.69) is 14.6 Å². The molecule has 4 rings (SSSR count). The zero-order valence-corrected chi connectivity index (χ0v) is 24.3. The van der Waals surface area contributed by atoms with Crippen LogP contribution in [0.25, 0.3) is 0 Å². The maximum absolute atomic E-state index is 13.4. The molecule has 0 bridgehead atoms. The van der Waals surface area contributed by atoms with Gasteiger partial charge in [-0.25, -0.2) is 9.59 Å². The number of ether oxygens (including phenoxy) is 2. The first-order chi connectivity index (χ1) is 18.8. The van der Waals surface area contributed by atoms with Gasteiger partial charge in [0.1, 0.15) is 6.10 Å². The summed E-state index contributed by atoms with van der Waals surface area (Å²) in [5, 5.41) is 2.67. The van der Waals surface area contributed by atoms with Gasteiger partial charge in [-0.15, -0.1) is 4.58 Å². The van der Waals surface area contributed by atoms with Crippen molar-refractivity contribution >= 4 is 60.9 Å². The van der Waals surface area contributed by atoms with E-state index in [-0.39, 0.29) is 11.2 Å². The highest BCUT2D eigenvalue weighted by atomic mass is 127. The second-order valence-corrected chi connectivity index (χ2v) is 10.2. The lowest BCUT2D eigenvalue weighted by atomic mass is 10.0. The fourth-order valence-electron chi connectivity index (χ4n) is 4.07. The minimum absolute atomic E-state index is 0.0946. The number of hydrogen-bond donors (Lipinski definition) is 1. The van der Waals surface area contributed by atoms with Gasteiger partial charge >= 0.3 is 18.1 Å². The van der Waals surface area contributed by atoms with E-state index < -0.39 is 42.3 Å². The summed E-state index contributed by atoms with van der Waals surface area (Å²) in [6.07, 6.45) is -2.64. The second kappa shape index (κ2) is 13.2. The number of rotatable bonds is 10. The summed E-state index contributed by atoms with van der Waals surface area (Å²) in [5.74, 6) is -2.03. The van der Waals surface area contributed by atoms with Gasteiger partial charge in [-0.2, -0.15) is 0 Å². The Bertz CT molecular complexity index is 1350. The van der Waals surface area contributed by atoms with Gasteiger partial charge in [0.25, 0.3) is 11.4 Å². The Labute approximate surface area is 242 Å². The Morgan fingerprint density at radius 2 is 1.44 bits per heavy atom. The van der Waals surface area contributed by atoms with E-state index in [1.807, 2.05) is 83.3 Å². The number of hydrogen-bond acceptors (Lipinski definition) is 6. The van der Waals surface area contributed by atoms with Gasteiger partial charge in [-0.1, -0.05) is 101 Å². The fourth-order valence-corrected chi connectivity index (χ4v) is 5.24. The van der Waals surface area contributed by atoms with Crippen LogP contribution >= 0.6 is 31.8 Å². The third-order valence-corrected chi connectivity index (χ3v) is 7.48. The Balaban J connectivity index is 1.63. The number of carbonyl (C=O) groups excluding carboxylic acids is 4. The molecule has 1 aliphatic rings. The molecule has 0 aliphatic carbocycles. The largest absolute Gasteiger partial charge is 0.445 e. The monoisotopic (exact) mass is 657 g/mol. The number of benzene rings is 3. The van der Waals surface area contributed by atoms with Crippen LogP contribution in [0.3, 0.4) is 0 Å². The van der Waals surface area contributed by atoms with Gasteiger partial charge in [-0.3, -0.25) is 9.59 Å². The second-order valence-electron chi connectivity index (χ2n) is 8.80. The van der Waals surface area contributed by atoms with Crippen LogP contribution in [-0.4, -0.2) is 56.4 Å². The Morgan fingerprint density at radius 3 is 1.92 bits per heavy atom. The van der Waals surface area contributed by atoms with E-state index in [4.69, 9.17) is 9.47 Å². The first kappa shape index (κ1) is 28.7. The van der Waals surface area contributed by atoms with Crippen molar-refractivity contribution in [2.45, 2.75) is 31.4 Å². The molecule has 10 heteroatoms. The van der Waals surface area contributed by atoms with E-state index in [1.54, 1.807) is 30.3 Å². The highest BCUT2D eigenvalue weighted by Gasteiger charge is 2.60.